The fourth-order valence-electron chi connectivity index (χ4n) is 3.22. The van der Waals surface area contributed by atoms with Gasteiger partial charge in [0.1, 0.15) is 5.52 Å². The molecule has 0 aliphatic carbocycles. The van der Waals surface area contributed by atoms with Crippen molar-refractivity contribution in [2.24, 2.45) is 0 Å². The molecule has 0 amide bonds. The summed E-state index contributed by atoms with van der Waals surface area (Å²) in [4.78, 5) is 32.7. The predicted molar refractivity (Wildman–Crippen MR) is 107 cm³/mol. The third kappa shape index (κ3) is 3.57. The molecule has 0 saturated heterocycles. The smallest absolute Gasteiger partial charge is 0.303 e. The topological polar surface area (TPSA) is 145 Å². The maximum absolute atomic E-state index is 12.8. The first-order valence-electron chi connectivity index (χ1n) is 8.66. The average Bonchev–Trinajstić information content (AvgIpc) is 3.11. The SMILES string of the molecule is O=C(O)CCc1c[nH]c2c(=O)[nH]c3ccc(S(=O)(=O)Nc4cccnc4)cc3c12. The fraction of sp³-hybridized carbons (Fsp3) is 0.105. The maximum Gasteiger partial charge on any atom is 0.303 e. The van der Waals surface area contributed by atoms with Crippen LogP contribution in [0.5, 0.6) is 0 Å². The molecule has 9 nitrogen and oxygen atoms in total. The van der Waals surface area contributed by atoms with Crippen LogP contribution in [-0.4, -0.2) is 34.4 Å². The fourth-order valence-corrected chi connectivity index (χ4v) is 4.29. The number of aliphatic carboxylic acids is 1. The van der Waals surface area contributed by atoms with Gasteiger partial charge >= 0.3 is 5.97 Å². The molecule has 3 aromatic heterocycles. The summed E-state index contributed by atoms with van der Waals surface area (Å²) in [5.41, 5.74) is 1.32. The van der Waals surface area contributed by atoms with E-state index in [4.69, 9.17) is 5.11 Å². The lowest BCUT2D eigenvalue weighted by Gasteiger charge is -2.09. The molecule has 0 saturated carbocycles. The molecule has 4 rings (SSSR count). The van der Waals surface area contributed by atoms with Crippen molar-refractivity contribution in [1.29, 1.82) is 0 Å². The summed E-state index contributed by atoms with van der Waals surface area (Å²) >= 11 is 0. The van der Waals surface area contributed by atoms with Crippen molar-refractivity contribution in [3.63, 3.8) is 0 Å². The number of aromatic nitrogens is 3. The Morgan fingerprint density at radius 3 is 2.79 bits per heavy atom. The Kier molecular flexibility index (Phi) is 4.55. The number of hydrogen-bond acceptors (Lipinski definition) is 5. The van der Waals surface area contributed by atoms with Gasteiger partial charge in [0.2, 0.25) is 0 Å². The summed E-state index contributed by atoms with van der Waals surface area (Å²) in [6.07, 6.45) is 4.61. The van der Waals surface area contributed by atoms with Crippen LogP contribution in [0.1, 0.15) is 12.0 Å². The van der Waals surface area contributed by atoms with Gasteiger partial charge < -0.3 is 15.1 Å². The van der Waals surface area contributed by atoms with E-state index in [-0.39, 0.29) is 28.8 Å². The number of fused-ring (bicyclic) bond motifs is 3. The highest BCUT2D eigenvalue weighted by Gasteiger charge is 2.18. The molecule has 0 radical (unpaired) electrons. The largest absolute Gasteiger partial charge is 0.481 e. The number of carboxylic acids is 1. The summed E-state index contributed by atoms with van der Waals surface area (Å²) in [5.74, 6) is -0.961. The second-order valence-electron chi connectivity index (χ2n) is 6.47. The summed E-state index contributed by atoms with van der Waals surface area (Å²) in [6, 6.07) is 7.57. The zero-order chi connectivity index (χ0) is 20.6. The van der Waals surface area contributed by atoms with Crippen LogP contribution in [0.2, 0.25) is 0 Å². The number of benzene rings is 1. The van der Waals surface area contributed by atoms with Crippen LogP contribution >= 0.6 is 0 Å². The number of aromatic amines is 2. The van der Waals surface area contributed by atoms with Gasteiger partial charge in [-0.3, -0.25) is 19.3 Å². The maximum atomic E-state index is 12.8. The highest BCUT2D eigenvalue weighted by molar-refractivity contribution is 7.92. The van der Waals surface area contributed by atoms with E-state index >= 15 is 0 Å². The van der Waals surface area contributed by atoms with Gasteiger partial charge in [0, 0.05) is 35.1 Å². The van der Waals surface area contributed by atoms with Gasteiger partial charge in [-0.2, -0.15) is 0 Å². The first-order chi connectivity index (χ1) is 13.8. The Morgan fingerprint density at radius 2 is 2.07 bits per heavy atom. The monoisotopic (exact) mass is 412 g/mol. The molecule has 29 heavy (non-hydrogen) atoms. The second-order valence-corrected chi connectivity index (χ2v) is 8.15. The summed E-state index contributed by atoms with van der Waals surface area (Å²) < 4.78 is 28.0. The van der Waals surface area contributed by atoms with Crippen molar-refractivity contribution in [2.75, 3.05) is 4.72 Å². The van der Waals surface area contributed by atoms with Gasteiger partial charge in [-0.1, -0.05) is 0 Å². The molecule has 4 N–H and O–H groups in total. The lowest BCUT2D eigenvalue weighted by molar-refractivity contribution is -0.136. The van der Waals surface area contributed by atoms with Crippen LogP contribution in [0.15, 0.2) is 58.6 Å². The normalized spacial score (nSPS) is 11.7. The lowest BCUT2D eigenvalue weighted by atomic mass is 10.0. The van der Waals surface area contributed by atoms with Crippen molar-refractivity contribution in [1.82, 2.24) is 15.0 Å². The number of pyridine rings is 2. The number of H-pyrrole nitrogens is 2. The zero-order valence-electron chi connectivity index (χ0n) is 15.0. The number of nitrogens with one attached hydrogen (secondary N) is 3. The highest BCUT2D eigenvalue weighted by Crippen LogP contribution is 2.28. The van der Waals surface area contributed by atoms with Crippen LogP contribution in [0.4, 0.5) is 5.69 Å². The van der Waals surface area contributed by atoms with Gasteiger partial charge in [0.25, 0.3) is 15.6 Å². The Bertz CT molecular complexity index is 1390. The van der Waals surface area contributed by atoms with Crippen LogP contribution in [0.3, 0.4) is 0 Å². The number of carboxylic acid groups (broad SMARTS) is 1. The second kappa shape index (κ2) is 7.06. The van der Waals surface area contributed by atoms with Crippen molar-refractivity contribution in [2.45, 2.75) is 17.7 Å². The molecule has 0 fully saturated rings. The van der Waals surface area contributed by atoms with E-state index in [1.807, 2.05) is 0 Å². The number of rotatable bonds is 6. The molecule has 0 aliphatic rings. The minimum atomic E-state index is -3.89. The number of carbonyl (C=O) groups is 1. The minimum Gasteiger partial charge on any atom is -0.481 e. The van der Waals surface area contributed by atoms with Gasteiger partial charge in [0.05, 0.1) is 16.8 Å². The first kappa shape index (κ1) is 18.7. The van der Waals surface area contributed by atoms with Crippen molar-refractivity contribution < 1.29 is 18.3 Å². The number of hydrogen-bond donors (Lipinski definition) is 4. The number of aryl methyl sites for hydroxylation is 1. The zero-order valence-corrected chi connectivity index (χ0v) is 15.8. The third-order valence-corrected chi connectivity index (χ3v) is 5.91. The van der Waals surface area contributed by atoms with Gasteiger partial charge in [0.15, 0.2) is 0 Å². The number of anilines is 1. The quantitative estimate of drug-likeness (QED) is 0.382. The number of nitrogens with zero attached hydrogens (tertiary/aromatic N) is 1. The Labute approximate surface area is 164 Å². The molecular weight excluding hydrogens is 396 g/mol. The number of sulfonamides is 1. The molecule has 10 heteroatoms. The highest BCUT2D eigenvalue weighted by atomic mass is 32.2. The average molecular weight is 412 g/mol. The lowest BCUT2D eigenvalue weighted by Crippen LogP contribution is -2.13. The summed E-state index contributed by atoms with van der Waals surface area (Å²) in [7, 11) is -3.89. The van der Waals surface area contributed by atoms with Crippen molar-refractivity contribution in [3.05, 3.63) is 64.8 Å². The minimum absolute atomic E-state index is 0.00702. The first-order valence-corrected chi connectivity index (χ1v) is 10.1. The molecular formula is C19H16N4O5S. The van der Waals surface area contributed by atoms with Crippen LogP contribution < -0.4 is 10.3 Å². The third-order valence-electron chi connectivity index (χ3n) is 4.53. The van der Waals surface area contributed by atoms with E-state index in [0.717, 1.165) is 0 Å². The Morgan fingerprint density at radius 1 is 1.24 bits per heavy atom. The van der Waals surface area contributed by atoms with E-state index in [2.05, 4.69) is 19.7 Å². The molecule has 1 aromatic carbocycles. The van der Waals surface area contributed by atoms with Gasteiger partial charge in [-0.15, -0.1) is 0 Å². The molecule has 0 aliphatic heterocycles. The van der Waals surface area contributed by atoms with E-state index in [9.17, 15) is 18.0 Å². The van der Waals surface area contributed by atoms with Crippen LogP contribution in [0.25, 0.3) is 21.8 Å². The molecule has 3 heterocycles. The molecule has 0 spiro atoms. The molecule has 0 bridgehead atoms. The molecule has 148 valence electrons. The molecule has 0 atom stereocenters. The van der Waals surface area contributed by atoms with Crippen LogP contribution in [-0.2, 0) is 21.2 Å². The summed E-state index contributed by atoms with van der Waals surface area (Å²) in [6.45, 7) is 0. The van der Waals surface area contributed by atoms with Crippen LogP contribution in [0, 0.1) is 0 Å². The van der Waals surface area contributed by atoms with E-state index in [1.54, 1.807) is 18.3 Å². The predicted octanol–water partition coefficient (Wildman–Crippen LogP) is 2.22. The Balaban J connectivity index is 1.87. The molecule has 0 unspecified atom stereocenters. The summed E-state index contributed by atoms with van der Waals surface area (Å²) in [5, 5.41) is 10.00. The van der Waals surface area contributed by atoms with E-state index < -0.39 is 16.0 Å². The van der Waals surface area contributed by atoms with E-state index in [0.29, 0.717) is 27.5 Å². The van der Waals surface area contributed by atoms with E-state index in [1.165, 1.54) is 30.6 Å². The Hall–Kier alpha value is -3.66. The molecule has 4 aromatic rings. The standard InChI is InChI=1S/C19H16N4O5S/c24-16(25)6-3-11-9-21-18-17(11)14-8-13(4-5-15(14)22-19(18)26)29(27,28)23-12-2-1-7-20-10-12/h1-2,4-5,7-10,21,23H,3,6H2,(H,22,26)(H,24,25). The van der Waals surface area contributed by atoms with Gasteiger partial charge in [-0.05, 0) is 42.3 Å². The van der Waals surface area contributed by atoms with Crippen molar-refractivity contribution >= 4 is 43.5 Å². The van der Waals surface area contributed by atoms with Crippen molar-refractivity contribution in [3.8, 4) is 0 Å². The van der Waals surface area contributed by atoms with Gasteiger partial charge in [-0.25, -0.2) is 8.42 Å².